The molecule has 1 atom stereocenters. The third kappa shape index (κ3) is 1.84. The highest BCUT2D eigenvalue weighted by Crippen LogP contribution is 2.14. The number of carbonyl (C=O) groups is 1. The SMILES string of the molecule is CC(=O)C1=CC=CC(C)C=C1N. The van der Waals surface area contributed by atoms with Gasteiger partial charge in [0, 0.05) is 11.3 Å². The van der Waals surface area contributed by atoms with Crippen molar-refractivity contribution in [1.29, 1.82) is 0 Å². The van der Waals surface area contributed by atoms with Crippen LogP contribution in [0.3, 0.4) is 0 Å². The molecule has 1 aliphatic rings. The lowest BCUT2D eigenvalue weighted by Crippen LogP contribution is -2.08. The van der Waals surface area contributed by atoms with Gasteiger partial charge in [-0.3, -0.25) is 4.79 Å². The van der Waals surface area contributed by atoms with Crippen LogP contribution in [0.25, 0.3) is 0 Å². The maximum Gasteiger partial charge on any atom is 0.161 e. The van der Waals surface area contributed by atoms with Crippen molar-refractivity contribution in [3.63, 3.8) is 0 Å². The van der Waals surface area contributed by atoms with Gasteiger partial charge in [-0.05, 0) is 18.9 Å². The summed E-state index contributed by atoms with van der Waals surface area (Å²) in [7, 11) is 0. The van der Waals surface area contributed by atoms with Crippen molar-refractivity contribution >= 4 is 5.78 Å². The van der Waals surface area contributed by atoms with Crippen LogP contribution in [0.1, 0.15) is 13.8 Å². The average molecular weight is 163 g/mol. The van der Waals surface area contributed by atoms with Gasteiger partial charge in [0.05, 0.1) is 0 Å². The van der Waals surface area contributed by atoms with Crippen LogP contribution in [0.2, 0.25) is 0 Å². The van der Waals surface area contributed by atoms with E-state index in [0.29, 0.717) is 17.2 Å². The van der Waals surface area contributed by atoms with Crippen LogP contribution in [0.15, 0.2) is 35.6 Å². The highest BCUT2D eigenvalue weighted by atomic mass is 16.1. The summed E-state index contributed by atoms with van der Waals surface area (Å²) >= 11 is 0. The van der Waals surface area contributed by atoms with Crippen LogP contribution >= 0.6 is 0 Å². The number of allylic oxidation sites excluding steroid dienone is 5. The first-order valence-electron chi connectivity index (χ1n) is 3.98. The summed E-state index contributed by atoms with van der Waals surface area (Å²) in [6.45, 7) is 3.55. The molecule has 0 fully saturated rings. The third-order valence-corrected chi connectivity index (χ3v) is 1.81. The second kappa shape index (κ2) is 3.39. The lowest BCUT2D eigenvalue weighted by atomic mass is 10.1. The normalized spacial score (nSPS) is 22.7. The van der Waals surface area contributed by atoms with Gasteiger partial charge in [-0.25, -0.2) is 0 Å². The molecule has 0 amide bonds. The Balaban J connectivity index is 3.02. The minimum Gasteiger partial charge on any atom is -0.398 e. The fourth-order valence-corrected chi connectivity index (χ4v) is 1.17. The zero-order chi connectivity index (χ0) is 9.14. The molecule has 0 heterocycles. The lowest BCUT2D eigenvalue weighted by Gasteiger charge is -2.02. The Hall–Kier alpha value is -1.31. The Kier molecular flexibility index (Phi) is 2.48. The number of hydrogen-bond acceptors (Lipinski definition) is 2. The van der Waals surface area contributed by atoms with Crippen molar-refractivity contribution in [3.8, 4) is 0 Å². The van der Waals surface area contributed by atoms with Crippen molar-refractivity contribution in [2.45, 2.75) is 13.8 Å². The van der Waals surface area contributed by atoms with Crippen LogP contribution in [0, 0.1) is 5.92 Å². The molecule has 1 unspecified atom stereocenters. The van der Waals surface area contributed by atoms with Crippen molar-refractivity contribution in [2.75, 3.05) is 0 Å². The quantitative estimate of drug-likeness (QED) is 0.637. The molecule has 2 nitrogen and oxygen atoms in total. The van der Waals surface area contributed by atoms with E-state index in [9.17, 15) is 4.79 Å². The van der Waals surface area contributed by atoms with Gasteiger partial charge in [-0.2, -0.15) is 0 Å². The molecule has 0 spiro atoms. The summed E-state index contributed by atoms with van der Waals surface area (Å²) in [5.41, 5.74) is 6.89. The first kappa shape index (κ1) is 8.78. The topological polar surface area (TPSA) is 43.1 Å². The smallest absolute Gasteiger partial charge is 0.161 e. The molecule has 2 N–H and O–H groups in total. The second-order valence-electron chi connectivity index (χ2n) is 3.00. The monoisotopic (exact) mass is 163 g/mol. The molecule has 1 rings (SSSR count). The summed E-state index contributed by atoms with van der Waals surface area (Å²) in [6, 6.07) is 0. The molecule has 12 heavy (non-hydrogen) atoms. The van der Waals surface area contributed by atoms with E-state index in [1.165, 1.54) is 6.92 Å². The van der Waals surface area contributed by atoms with Crippen molar-refractivity contribution in [3.05, 3.63) is 35.6 Å². The Morgan fingerprint density at radius 2 is 2.25 bits per heavy atom. The maximum absolute atomic E-state index is 11.0. The van der Waals surface area contributed by atoms with E-state index in [1.54, 1.807) is 6.08 Å². The van der Waals surface area contributed by atoms with E-state index in [2.05, 4.69) is 0 Å². The predicted molar refractivity (Wildman–Crippen MR) is 49.3 cm³/mol. The molecule has 1 aliphatic carbocycles. The fourth-order valence-electron chi connectivity index (χ4n) is 1.17. The van der Waals surface area contributed by atoms with Crippen LogP contribution in [-0.4, -0.2) is 5.78 Å². The van der Waals surface area contributed by atoms with Gasteiger partial charge >= 0.3 is 0 Å². The van der Waals surface area contributed by atoms with Gasteiger partial charge in [0.1, 0.15) is 0 Å². The van der Waals surface area contributed by atoms with E-state index in [1.807, 2.05) is 25.2 Å². The van der Waals surface area contributed by atoms with E-state index in [0.717, 1.165) is 0 Å². The van der Waals surface area contributed by atoms with Crippen molar-refractivity contribution in [1.82, 2.24) is 0 Å². The molecule has 0 saturated carbocycles. The molecule has 0 aliphatic heterocycles. The standard InChI is InChI=1S/C10H13NO/c1-7-4-3-5-9(8(2)12)10(11)6-7/h3-7H,11H2,1-2H3. The van der Waals surface area contributed by atoms with E-state index in [4.69, 9.17) is 5.73 Å². The van der Waals surface area contributed by atoms with Crippen molar-refractivity contribution in [2.24, 2.45) is 11.7 Å². The van der Waals surface area contributed by atoms with Gasteiger partial charge in [0.25, 0.3) is 0 Å². The zero-order valence-electron chi connectivity index (χ0n) is 7.37. The number of hydrogen-bond donors (Lipinski definition) is 1. The summed E-state index contributed by atoms with van der Waals surface area (Å²) in [5, 5.41) is 0. The van der Waals surface area contributed by atoms with Crippen molar-refractivity contribution < 1.29 is 4.79 Å². The molecule has 0 aromatic heterocycles. The van der Waals surface area contributed by atoms with Gasteiger partial charge in [-0.15, -0.1) is 0 Å². The fraction of sp³-hybridized carbons (Fsp3) is 0.300. The summed E-state index contributed by atoms with van der Waals surface area (Å²) in [6.07, 6.45) is 7.52. The number of carbonyl (C=O) groups excluding carboxylic acids is 1. The summed E-state index contributed by atoms with van der Waals surface area (Å²) in [4.78, 5) is 11.0. The Bertz CT molecular complexity index is 284. The van der Waals surface area contributed by atoms with Crippen LogP contribution in [0.4, 0.5) is 0 Å². The van der Waals surface area contributed by atoms with E-state index < -0.39 is 0 Å². The first-order chi connectivity index (χ1) is 5.61. The van der Waals surface area contributed by atoms with Gasteiger partial charge in [0.2, 0.25) is 0 Å². The largest absolute Gasteiger partial charge is 0.398 e. The average Bonchev–Trinajstić information content (AvgIpc) is 2.10. The van der Waals surface area contributed by atoms with Gasteiger partial charge in [0.15, 0.2) is 5.78 Å². The maximum atomic E-state index is 11.0. The minimum absolute atomic E-state index is 0.0162. The summed E-state index contributed by atoms with van der Waals surface area (Å²) < 4.78 is 0. The molecule has 0 bridgehead atoms. The first-order valence-corrected chi connectivity index (χ1v) is 3.98. The zero-order valence-corrected chi connectivity index (χ0v) is 7.37. The molecule has 2 heteroatoms. The molecular weight excluding hydrogens is 150 g/mol. The van der Waals surface area contributed by atoms with Crippen LogP contribution in [0.5, 0.6) is 0 Å². The molecule has 0 radical (unpaired) electrons. The van der Waals surface area contributed by atoms with Gasteiger partial charge < -0.3 is 5.73 Å². The number of ketones is 1. The van der Waals surface area contributed by atoms with Gasteiger partial charge in [-0.1, -0.05) is 25.2 Å². The number of nitrogens with two attached hydrogens (primary N) is 1. The Labute approximate surface area is 72.5 Å². The number of Topliss-reactive ketones (excluding diaryl/α,β-unsaturated/α-hetero) is 1. The van der Waals surface area contributed by atoms with Crippen LogP contribution in [-0.2, 0) is 4.79 Å². The van der Waals surface area contributed by atoms with E-state index in [-0.39, 0.29) is 5.78 Å². The highest BCUT2D eigenvalue weighted by Gasteiger charge is 2.08. The molecule has 64 valence electrons. The molecule has 0 aromatic rings. The Morgan fingerprint density at radius 1 is 1.58 bits per heavy atom. The van der Waals surface area contributed by atoms with Crippen LogP contribution < -0.4 is 5.73 Å². The third-order valence-electron chi connectivity index (χ3n) is 1.81. The minimum atomic E-state index is 0.0162. The summed E-state index contributed by atoms with van der Waals surface area (Å²) in [5.74, 6) is 0.320. The van der Waals surface area contributed by atoms with E-state index >= 15 is 0 Å². The number of rotatable bonds is 1. The predicted octanol–water partition coefficient (Wildman–Crippen LogP) is 1.55. The lowest BCUT2D eigenvalue weighted by molar-refractivity contribution is -0.113. The molecule has 0 aromatic carbocycles. The molecular formula is C10H13NO. The second-order valence-corrected chi connectivity index (χ2v) is 3.00. The highest BCUT2D eigenvalue weighted by molar-refractivity contribution is 5.97. The molecule has 0 saturated heterocycles. The Morgan fingerprint density at radius 3 is 2.83 bits per heavy atom.